The molecule has 20 heteroatoms. The number of carbonyl (C=O) groups excluding carboxylic acids is 7. The minimum Gasteiger partial charge on any atom is -0.377 e. The fourth-order valence-electron chi connectivity index (χ4n) is 7.29. The fourth-order valence-corrected chi connectivity index (χ4v) is 7.29. The Morgan fingerprint density at radius 1 is 0.855 bits per heavy atom. The van der Waals surface area contributed by atoms with Crippen molar-refractivity contribution in [2.75, 3.05) is 66.3 Å². The van der Waals surface area contributed by atoms with Crippen molar-refractivity contribution in [2.24, 2.45) is 23.5 Å². The maximum atomic E-state index is 13.3. The van der Waals surface area contributed by atoms with Gasteiger partial charge in [0.05, 0.1) is 45.7 Å². The summed E-state index contributed by atoms with van der Waals surface area (Å²) in [5.41, 5.74) is 7.01. The van der Waals surface area contributed by atoms with E-state index in [0.29, 0.717) is 77.3 Å². The molecule has 0 radical (unpaired) electrons. The largest absolute Gasteiger partial charge is 0.377 e. The molecule has 7 N–H and O–H groups in total. The molecular formula is C42H64N10O10. The van der Waals surface area contributed by atoms with Crippen LogP contribution in [0.1, 0.15) is 69.5 Å². The first-order valence-corrected chi connectivity index (χ1v) is 21.5. The van der Waals surface area contributed by atoms with Gasteiger partial charge in [0.15, 0.2) is 0 Å². The van der Waals surface area contributed by atoms with Gasteiger partial charge in [0, 0.05) is 44.8 Å². The van der Waals surface area contributed by atoms with Crippen LogP contribution in [0.25, 0.3) is 0 Å². The highest BCUT2D eigenvalue weighted by atomic mass is 16.5. The number of nitrogens with one attached hydrogen (secondary N) is 5. The van der Waals surface area contributed by atoms with Gasteiger partial charge in [0.2, 0.25) is 41.4 Å². The first-order chi connectivity index (χ1) is 30.0. The Morgan fingerprint density at radius 2 is 1.58 bits per heavy atom. The molecule has 20 nitrogen and oxygen atoms in total. The monoisotopic (exact) mass is 868 g/mol. The number of hydrogen-bond acceptors (Lipinski definition) is 13. The van der Waals surface area contributed by atoms with Crippen LogP contribution in [0.4, 0.5) is 0 Å². The van der Waals surface area contributed by atoms with E-state index in [1.807, 2.05) is 30.3 Å². The number of benzene rings is 1. The molecule has 1 aromatic carbocycles. The second-order valence-corrected chi connectivity index (χ2v) is 15.7. The minimum atomic E-state index is -0.990. The van der Waals surface area contributed by atoms with Crippen LogP contribution < -0.4 is 32.3 Å². The van der Waals surface area contributed by atoms with Crippen LogP contribution in [-0.2, 0) is 67.3 Å². The molecule has 7 amide bonds. The molecule has 2 aliphatic rings. The van der Waals surface area contributed by atoms with E-state index in [1.54, 1.807) is 17.8 Å². The lowest BCUT2D eigenvalue weighted by atomic mass is 9.81. The number of amides is 7. The van der Waals surface area contributed by atoms with Crippen LogP contribution >= 0.6 is 0 Å². The van der Waals surface area contributed by atoms with Gasteiger partial charge in [-0.3, -0.25) is 38.5 Å². The fraction of sp³-hybridized carbons (Fsp3) is 0.643. The van der Waals surface area contributed by atoms with Gasteiger partial charge in [-0.1, -0.05) is 42.5 Å². The topological polar surface area (TPSA) is 267 Å². The third-order valence-corrected chi connectivity index (χ3v) is 10.8. The Balaban J connectivity index is 1.01. The Morgan fingerprint density at radius 3 is 2.27 bits per heavy atom. The van der Waals surface area contributed by atoms with Crippen LogP contribution in [0.5, 0.6) is 0 Å². The van der Waals surface area contributed by atoms with E-state index in [1.165, 1.54) is 11.9 Å². The van der Waals surface area contributed by atoms with Gasteiger partial charge >= 0.3 is 0 Å². The molecule has 342 valence electrons. The zero-order chi connectivity index (χ0) is 44.7. The number of rotatable bonds is 28. The summed E-state index contributed by atoms with van der Waals surface area (Å²) in [5.74, 6) is -2.25. The first kappa shape index (κ1) is 49.3. The zero-order valence-corrected chi connectivity index (χ0v) is 35.9. The lowest BCUT2D eigenvalue weighted by Gasteiger charge is -2.30. The summed E-state index contributed by atoms with van der Waals surface area (Å²) in [4.78, 5) is 89.3. The summed E-state index contributed by atoms with van der Waals surface area (Å²) in [6.45, 7) is 4.00. The van der Waals surface area contributed by atoms with Gasteiger partial charge < -0.3 is 46.5 Å². The number of carbonyl (C=O) groups is 7. The molecule has 0 bridgehead atoms. The molecule has 1 aromatic heterocycles. The Bertz CT molecular complexity index is 1750. The lowest BCUT2D eigenvalue weighted by Crippen LogP contribution is -2.54. The molecule has 1 unspecified atom stereocenters. The third-order valence-electron chi connectivity index (χ3n) is 10.8. The quantitative estimate of drug-likeness (QED) is 0.0459. The maximum absolute atomic E-state index is 13.3. The van der Waals surface area contributed by atoms with Crippen molar-refractivity contribution in [1.82, 2.24) is 46.5 Å². The number of likely N-dealkylation sites (tertiary alicyclic amines) is 1. The molecule has 1 saturated heterocycles. The summed E-state index contributed by atoms with van der Waals surface area (Å²) in [6, 6.07) is 7.36. The van der Waals surface area contributed by atoms with E-state index in [2.05, 4.69) is 36.9 Å². The van der Waals surface area contributed by atoms with E-state index < -0.39 is 36.4 Å². The molecule has 62 heavy (non-hydrogen) atoms. The van der Waals surface area contributed by atoms with Crippen molar-refractivity contribution in [1.29, 1.82) is 0 Å². The third kappa shape index (κ3) is 17.2. The van der Waals surface area contributed by atoms with Crippen LogP contribution in [0, 0.1) is 17.8 Å². The number of ether oxygens (including phenoxy) is 3. The Hall–Kier alpha value is -5.31. The van der Waals surface area contributed by atoms with Crippen LogP contribution in [0.3, 0.4) is 0 Å². The van der Waals surface area contributed by atoms with Crippen LogP contribution in [0.15, 0.2) is 36.5 Å². The van der Waals surface area contributed by atoms with Crippen molar-refractivity contribution in [3.63, 3.8) is 0 Å². The lowest BCUT2D eigenvalue weighted by molar-refractivity contribution is -0.140. The highest BCUT2D eigenvalue weighted by molar-refractivity contribution is 6.03. The summed E-state index contributed by atoms with van der Waals surface area (Å²) >= 11 is 0. The Kier molecular flexibility index (Phi) is 21.4. The number of imide groups is 1. The predicted molar refractivity (Wildman–Crippen MR) is 224 cm³/mol. The highest BCUT2D eigenvalue weighted by Crippen LogP contribution is 2.31. The second-order valence-electron chi connectivity index (χ2n) is 15.7. The van der Waals surface area contributed by atoms with Gasteiger partial charge in [-0.15, -0.1) is 5.10 Å². The normalized spacial score (nSPS) is 18.5. The van der Waals surface area contributed by atoms with Gasteiger partial charge in [0.1, 0.15) is 31.0 Å². The van der Waals surface area contributed by atoms with Gasteiger partial charge in [-0.25, -0.2) is 4.68 Å². The summed E-state index contributed by atoms with van der Waals surface area (Å²) in [6.07, 6.45) is 6.97. The molecule has 1 aliphatic carbocycles. The molecule has 1 aliphatic heterocycles. The van der Waals surface area contributed by atoms with Crippen molar-refractivity contribution >= 4 is 41.4 Å². The Labute approximate surface area is 362 Å². The predicted octanol–water partition coefficient (Wildman–Crippen LogP) is -0.651. The van der Waals surface area contributed by atoms with E-state index >= 15 is 0 Å². The zero-order valence-electron chi connectivity index (χ0n) is 35.9. The minimum absolute atomic E-state index is 0.0334. The van der Waals surface area contributed by atoms with E-state index in [-0.39, 0.29) is 80.5 Å². The van der Waals surface area contributed by atoms with E-state index in [9.17, 15) is 33.6 Å². The van der Waals surface area contributed by atoms with E-state index in [0.717, 1.165) is 18.4 Å². The summed E-state index contributed by atoms with van der Waals surface area (Å²) in [5, 5.41) is 21.8. The number of aromatic nitrogens is 3. The average molecular weight is 869 g/mol. The summed E-state index contributed by atoms with van der Waals surface area (Å²) < 4.78 is 18.0. The van der Waals surface area contributed by atoms with E-state index in [4.69, 9.17) is 19.9 Å². The molecule has 3 atom stereocenters. The van der Waals surface area contributed by atoms with Crippen LogP contribution in [-0.4, -0.2) is 140 Å². The molecule has 1 saturated carbocycles. The van der Waals surface area contributed by atoms with Crippen LogP contribution in [0.2, 0.25) is 0 Å². The number of unbranched alkanes of at least 4 members (excludes halogenated alkanes) is 1. The second kappa shape index (κ2) is 26.9. The smallest absolute Gasteiger partial charge is 0.246 e. The number of hydrogen-bond donors (Lipinski definition) is 6. The maximum Gasteiger partial charge on any atom is 0.246 e. The standard InChI is InChI=1S/C42H64N10O10/c1-29-22-38(55)52(42(29)59)25-31-11-13-32(14-12-31)39(56)46-24-33-26-51(50-49-33)17-19-61-21-20-60-18-16-45-36(53)27-62-28-37(54)47-35(23-30-8-4-3-5-9-30)41(58)48-34(40(57)44-2)10-6-7-15-43/h3-5,8-9,26,29,31-32,34-35H,6-7,10-25,27-28,43H2,1-2H3,(H,44,57)(H,45,53)(H,46,56)(H,47,54)(H,48,58)/t29?,31?,32?,34-,35-/m0/s1. The molecule has 2 fully saturated rings. The number of nitrogens with zero attached hydrogens (tertiary/aromatic N) is 4. The van der Waals surface area contributed by atoms with Crippen molar-refractivity contribution in [3.8, 4) is 0 Å². The van der Waals surface area contributed by atoms with Gasteiger partial charge in [0.25, 0.3) is 0 Å². The molecular weight excluding hydrogens is 805 g/mol. The molecule has 2 heterocycles. The number of nitrogens with two attached hydrogens (primary N) is 1. The van der Waals surface area contributed by atoms with Crippen molar-refractivity contribution in [3.05, 3.63) is 47.8 Å². The first-order valence-electron chi connectivity index (χ1n) is 21.5. The van der Waals surface area contributed by atoms with Crippen molar-refractivity contribution in [2.45, 2.75) is 89.9 Å². The molecule has 4 rings (SSSR count). The number of likely N-dealkylation sites (N-methyl/N-ethyl adjacent to an activating group) is 1. The summed E-state index contributed by atoms with van der Waals surface area (Å²) in [7, 11) is 1.49. The SMILES string of the molecule is CNC(=O)[C@H](CCCCN)NC(=O)[C@H](Cc1ccccc1)NC(=O)COCC(=O)NCCOCCOCCn1cc(CNC(=O)C2CCC(CN3C(=O)CC(C)C3=O)CC2)nn1. The highest BCUT2D eigenvalue weighted by Gasteiger charge is 2.38. The van der Waals surface area contributed by atoms with Crippen molar-refractivity contribution < 1.29 is 47.8 Å². The molecule has 2 aromatic rings. The van der Waals surface area contributed by atoms with Gasteiger partial charge in [-0.05, 0) is 63.0 Å². The average Bonchev–Trinajstić information content (AvgIpc) is 3.82. The van der Waals surface area contributed by atoms with Gasteiger partial charge in [-0.2, -0.15) is 0 Å². The molecule has 0 spiro atoms.